The van der Waals surface area contributed by atoms with E-state index in [2.05, 4.69) is 20.9 Å². The molecule has 0 radical (unpaired) electrons. The lowest BCUT2D eigenvalue weighted by molar-refractivity contribution is 0.603. The second-order valence-corrected chi connectivity index (χ2v) is 4.69. The molecule has 0 aliphatic heterocycles. The van der Waals surface area contributed by atoms with Crippen LogP contribution in [0.15, 0.2) is 47.2 Å². The maximum Gasteiger partial charge on any atom is 0.151 e. The summed E-state index contributed by atoms with van der Waals surface area (Å²) in [6.07, 6.45) is 3.46. The number of rotatable bonds is 1. The topological polar surface area (TPSA) is 17.3 Å². The third-order valence-corrected chi connectivity index (χ3v) is 3.26. The first kappa shape index (κ1) is 11.3. The molecule has 90 valence electrons. The van der Waals surface area contributed by atoms with Gasteiger partial charge < -0.3 is 4.40 Å². The van der Waals surface area contributed by atoms with E-state index in [1.54, 1.807) is 16.8 Å². The van der Waals surface area contributed by atoms with Crippen molar-refractivity contribution in [3.05, 3.63) is 58.8 Å². The van der Waals surface area contributed by atoms with Crippen molar-refractivity contribution < 1.29 is 8.78 Å². The van der Waals surface area contributed by atoms with Crippen LogP contribution in [0.3, 0.4) is 0 Å². The Morgan fingerprint density at radius 3 is 2.78 bits per heavy atom. The van der Waals surface area contributed by atoms with Gasteiger partial charge in [-0.2, -0.15) is 0 Å². The molecule has 0 aliphatic rings. The van der Waals surface area contributed by atoms with Gasteiger partial charge in [-0.1, -0.05) is 0 Å². The van der Waals surface area contributed by atoms with E-state index in [1.165, 1.54) is 0 Å². The van der Waals surface area contributed by atoms with Crippen molar-refractivity contribution in [2.24, 2.45) is 0 Å². The van der Waals surface area contributed by atoms with Crippen molar-refractivity contribution in [1.82, 2.24) is 9.38 Å². The molecular formula is C13H7BrF2N2. The summed E-state index contributed by atoms with van der Waals surface area (Å²) in [5.74, 6) is -0.974. The Morgan fingerprint density at radius 1 is 1.17 bits per heavy atom. The summed E-state index contributed by atoms with van der Waals surface area (Å²) in [5, 5.41) is 0. The molecule has 2 nitrogen and oxygen atoms in total. The minimum Gasteiger partial charge on any atom is -0.306 e. The van der Waals surface area contributed by atoms with Crippen LogP contribution in [0.2, 0.25) is 0 Å². The van der Waals surface area contributed by atoms with E-state index in [9.17, 15) is 8.78 Å². The number of pyridine rings is 1. The summed E-state index contributed by atoms with van der Waals surface area (Å²) < 4.78 is 29.4. The van der Waals surface area contributed by atoms with Crippen LogP contribution in [0.4, 0.5) is 8.78 Å². The molecule has 5 heteroatoms. The maximum absolute atomic E-state index is 13.7. The summed E-state index contributed by atoms with van der Waals surface area (Å²) in [7, 11) is 0. The van der Waals surface area contributed by atoms with Crippen LogP contribution < -0.4 is 0 Å². The fourth-order valence-electron chi connectivity index (χ4n) is 1.80. The highest BCUT2D eigenvalue weighted by Gasteiger charge is 2.11. The van der Waals surface area contributed by atoms with Crippen LogP contribution >= 0.6 is 15.9 Å². The second kappa shape index (κ2) is 4.17. The molecule has 0 saturated carbocycles. The quantitative estimate of drug-likeness (QED) is 0.663. The number of hydrogen-bond donors (Lipinski definition) is 0. The largest absolute Gasteiger partial charge is 0.306 e. The van der Waals surface area contributed by atoms with E-state index < -0.39 is 11.6 Å². The SMILES string of the molecule is Fc1ccc(F)c(-c2cn3cccc(Br)c3n2)c1. The third-order valence-electron chi connectivity index (χ3n) is 2.64. The summed E-state index contributed by atoms with van der Waals surface area (Å²) in [4.78, 5) is 4.29. The van der Waals surface area contributed by atoms with Gasteiger partial charge in [-0.05, 0) is 46.3 Å². The first-order chi connectivity index (χ1) is 8.65. The molecular weight excluding hydrogens is 302 g/mol. The molecule has 2 aromatic heterocycles. The van der Waals surface area contributed by atoms with Gasteiger partial charge in [0.2, 0.25) is 0 Å². The first-order valence-corrected chi connectivity index (χ1v) is 6.03. The smallest absolute Gasteiger partial charge is 0.151 e. The molecule has 0 unspecified atom stereocenters. The van der Waals surface area contributed by atoms with E-state index in [0.29, 0.717) is 11.3 Å². The van der Waals surface area contributed by atoms with Gasteiger partial charge >= 0.3 is 0 Å². The van der Waals surface area contributed by atoms with E-state index in [-0.39, 0.29) is 5.56 Å². The first-order valence-electron chi connectivity index (χ1n) is 5.24. The van der Waals surface area contributed by atoms with Gasteiger partial charge in [-0.3, -0.25) is 0 Å². The Labute approximate surface area is 110 Å². The minimum absolute atomic E-state index is 0.158. The van der Waals surface area contributed by atoms with Crippen LogP contribution in [0.25, 0.3) is 16.9 Å². The van der Waals surface area contributed by atoms with Crippen molar-refractivity contribution in [3.8, 4) is 11.3 Å². The van der Waals surface area contributed by atoms with Crippen LogP contribution in [0.1, 0.15) is 0 Å². The molecule has 0 atom stereocenters. The summed E-state index contributed by atoms with van der Waals surface area (Å²) in [5.41, 5.74) is 1.22. The van der Waals surface area contributed by atoms with Crippen molar-refractivity contribution in [3.63, 3.8) is 0 Å². The highest BCUT2D eigenvalue weighted by Crippen LogP contribution is 2.25. The van der Waals surface area contributed by atoms with E-state index in [1.807, 2.05) is 12.1 Å². The van der Waals surface area contributed by atoms with Crippen LogP contribution in [-0.2, 0) is 0 Å². The monoisotopic (exact) mass is 308 g/mol. The van der Waals surface area contributed by atoms with E-state index >= 15 is 0 Å². The highest BCUT2D eigenvalue weighted by atomic mass is 79.9. The van der Waals surface area contributed by atoms with Crippen LogP contribution in [0.5, 0.6) is 0 Å². The fraction of sp³-hybridized carbons (Fsp3) is 0. The number of benzene rings is 1. The molecule has 3 rings (SSSR count). The molecule has 18 heavy (non-hydrogen) atoms. The summed E-state index contributed by atoms with van der Waals surface area (Å²) in [6.45, 7) is 0. The van der Waals surface area contributed by atoms with Crippen molar-refractivity contribution in [2.45, 2.75) is 0 Å². The molecule has 0 saturated heterocycles. The molecule has 0 aliphatic carbocycles. The van der Waals surface area contributed by atoms with E-state index in [4.69, 9.17) is 0 Å². The minimum atomic E-state index is -0.490. The predicted molar refractivity (Wildman–Crippen MR) is 68.2 cm³/mol. The Kier molecular flexibility index (Phi) is 2.63. The fourth-order valence-corrected chi connectivity index (χ4v) is 2.25. The molecule has 1 aromatic carbocycles. The zero-order valence-corrected chi connectivity index (χ0v) is 10.7. The normalized spacial score (nSPS) is 11.1. The Morgan fingerprint density at radius 2 is 2.00 bits per heavy atom. The maximum atomic E-state index is 13.7. The number of fused-ring (bicyclic) bond motifs is 1. The van der Waals surface area contributed by atoms with E-state index in [0.717, 1.165) is 22.7 Å². The molecule has 0 bridgehead atoms. The number of hydrogen-bond acceptors (Lipinski definition) is 1. The highest BCUT2D eigenvalue weighted by molar-refractivity contribution is 9.10. The zero-order chi connectivity index (χ0) is 12.7. The average molecular weight is 309 g/mol. The van der Waals surface area contributed by atoms with Gasteiger partial charge in [0, 0.05) is 18.0 Å². The van der Waals surface area contributed by atoms with Crippen LogP contribution in [0, 0.1) is 11.6 Å². The van der Waals surface area contributed by atoms with Crippen molar-refractivity contribution in [2.75, 3.05) is 0 Å². The molecule has 0 spiro atoms. The zero-order valence-electron chi connectivity index (χ0n) is 9.07. The lowest BCUT2D eigenvalue weighted by Crippen LogP contribution is -1.86. The lowest BCUT2D eigenvalue weighted by atomic mass is 10.1. The van der Waals surface area contributed by atoms with Crippen molar-refractivity contribution in [1.29, 1.82) is 0 Å². The summed E-state index contributed by atoms with van der Waals surface area (Å²) in [6, 6.07) is 7.01. The standard InChI is InChI=1S/C13H7BrF2N2/c14-10-2-1-5-18-7-12(17-13(10)18)9-6-8(15)3-4-11(9)16/h1-7H. The Hall–Kier alpha value is -1.75. The number of imidazole rings is 1. The van der Waals surface area contributed by atoms with Gasteiger partial charge in [0.25, 0.3) is 0 Å². The number of halogens is 3. The number of aromatic nitrogens is 2. The van der Waals surface area contributed by atoms with Gasteiger partial charge in [0.1, 0.15) is 11.6 Å². The molecule has 0 fully saturated rings. The summed E-state index contributed by atoms with van der Waals surface area (Å²) >= 11 is 3.36. The van der Waals surface area contributed by atoms with Gasteiger partial charge in [0.15, 0.2) is 5.65 Å². The van der Waals surface area contributed by atoms with Gasteiger partial charge in [-0.15, -0.1) is 0 Å². The lowest BCUT2D eigenvalue weighted by Gasteiger charge is -1.98. The van der Waals surface area contributed by atoms with Gasteiger partial charge in [0.05, 0.1) is 10.2 Å². The Balaban J connectivity index is 2.26. The number of nitrogens with zero attached hydrogens (tertiary/aromatic N) is 2. The van der Waals surface area contributed by atoms with Gasteiger partial charge in [-0.25, -0.2) is 13.8 Å². The average Bonchev–Trinajstić information content (AvgIpc) is 2.77. The second-order valence-electron chi connectivity index (χ2n) is 3.84. The third kappa shape index (κ3) is 1.80. The molecule has 0 amide bonds. The molecule has 0 N–H and O–H groups in total. The van der Waals surface area contributed by atoms with Crippen LogP contribution in [-0.4, -0.2) is 9.38 Å². The molecule has 3 aromatic rings. The van der Waals surface area contributed by atoms with Crippen molar-refractivity contribution >= 4 is 21.6 Å². The predicted octanol–water partition coefficient (Wildman–Crippen LogP) is 4.04. The molecule has 2 heterocycles. The Bertz CT molecular complexity index is 737.